The molecule has 0 atom stereocenters. The molecule has 7 heteroatoms. The number of carbonyl (C=O) groups is 1. The Hall–Kier alpha value is -1.41. The molecule has 2 aromatic rings. The number of aryl methyl sites for hydroxylation is 2. The van der Waals surface area contributed by atoms with Gasteiger partial charge in [-0.05, 0) is 67.9 Å². The van der Waals surface area contributed by atoms with E-state index in [9.17, 15) is 15.0 Å². The largest absolute Gasteiger partial charge is 0.390 e. The van der Waals surface area contributed by atoms with E-state index in [2.05, 4.69) is 50.4 Å². The van der Waals surface area contributed by atoms with Crippen molar-refractivity contribution < 1.29 is 15.0 Å². The lowest BCUT2D eigenvalue weighted by Crippen LogP contribution is -2.20. The Balaban J connectivity index is 2.23. The number of carbonyl (C=O) groups excluding carboxylic acids is 1. The number of thiazole rings is 1. The van der Waals surface area contributed by atoms with Gasteiger partial charge in [0.2, 0.25) is 5.91 Å². The molecule has 0 aliphatic carbocycles. The van der Waals surface area contributed by atoms with E-state index < -0.39 is 5.60 Å². The minimum Gasteiger partial charge on any atom is -0.390 e. The zero-order valence-electron chi connectivity index (χ0n) is 18.3. The van der Waals surface area contributed by atoms with Gasteiger partial charge in [0.25, 0.3) is 0 Å². The van der Waals surface area contributed by atoms with Crippen LogP contribution in [-0.2, 0) is 29.8 Å². The van der Waals surface area contributed by atoms with E-state index in [4.69, 9.17) is 0 Å². The second-order valence-electron chi connectivity index (χ2n) is 8.15. The summed E-state index contributed by atoms with van der Waals surface area (Å²) in [6.07, 6.45) is 1.20. The molecule has 0 radical (unpaired) electrons. The highest BCUT2D eigenvalue weighted by molar-refractivity contribution is 7.99. The number of aliphatic hydroxyl groups is 2. The third-order valence-corrected chi connectivity index (χ3v) is 7.44. The molecule has 1 aromatic heterocycles. The number of nitrogens with one attached hydrogen (secondary N) is 1. The number of benzene rings is 1. The third kappa shape index (κ3) is 5.60. The summed E-state index contributed by atoms with van der Waals surface area (Å²) < 4.78 is 3.59. The Morgan fingerprint density at radius 3 is 2.52 bits per heavy atom. The van der Waals surface area contributed by atoms with Gasteiger partial charge < -0.3 is 10.2 Å². The van der Waals surface area contributed by atoms with Crippen LogP contribution >= 0.6 is 23.3 Å². The molecule has 3 N–H and O–H groups in total. The fourth-order valence-corrected chi connectivity index (χ4v) is 5.30. The molecular weight excluding hydrogens is 404 g/mol. The van der Waals surface area contributed by atoms with Crippen LogP contribution in [0.25, 0.3) is 0 Å². The van der Waals surface area contributed by atoms with Crippen LogP contribution in [0.1, 0.15) is 79.1 Å². The summed E-state index contributed by atoms with van der Waals surface area (Å²) in [5.74, 6) is 0.254. The van der Waals surface area contributed by atoms with Crippen molar-refractivity contribution >= 4 is 29.2 Å². The van der Waals surface area contributed by atoms with Gasteiger partial charge in [0.15, 0.2) is 0 Å². The van der Waals surface area contributed by atoms with E-state index in [1.165, 1.54) is 33.6 Å². The smallest absolute Gasteiger partial charge is 0.234 e. The molecular formula is C22H32N2O3S2. The molecule has 0 saturated heterocycles. The molecule has 0 aliphatic heterocycles. The molecule has 0 aliphatic rings. The summed E-state index contributed by atoms with van der Waals surface area (Å²) in [7, 11) is 0. The lowest BCUT2D eigenvalue weighted by atomic mass is 9.84. The first-order chi connectivity index (χ1) is 13.5. The third-order valence-electron chi connectivity index (χ3n) is 4.99. The van der Waals surface area contributed by atoms with Gasteiger partial charge in [-0.25, -0.2) is 4.98 Å². The number of amides is 1. The van der Waals surface area contributed by atoms with Gasteiger partial charge in [0.1, 0.15) is 14.8 Å². The van der Waals surface area contributed by atoms with Crippen molar-refractivity contribution in [3.8, 4) is 0 Å². The number of aliphatic hydroxyl groups excluding tert-OH is 1. The predicted molar refractivity (Wildman–Crippen MR) is 120 cm³/mol. The van der Waals surface area contributed by atoms with Crippen LogP contribution in [0.2, 0.25) is 0 Å². The summed E-state index contributed by atoms with van der Waals surface area (Å²) in [5, 5.41) is 20.2. The highest BCUT2D eigenvalue weighted by Gasteiger charge is 2.24. The standard InChI is InChI=1S/C22H32N2O3S2/c1-8-15-9-13(4)14(5)19(12(2)3)16(15)10-18(26)24-29-20-17(11-25)23-21(28-20)22(6,7)27/h9,12,25,27H,8,10-11H2,1-7H3,(H,24,26). The molecule has 0 spiro atoms. The van der Waals surface area contributed by atoms with Crippen molar-refractivity contribution in [2.45, 2.75) is 83.6 Å². The number of rotatable bonds is 8. The Labute approximate surface area is 182 Å². The summed E-state index contributed by atoms with van der Waals surface area (Å²) in [6.45, 7) is 13.8. The zero-order chi connectivity index (χ0) is 21.9. The molecule has 29 heavy (non-hydrogen) atoms. The van der Waals surface area contributed by atoms with Crippen molar-refractivity contribution in [1.82, 2.24) is 9.71 Å². The van der Waals surface area contributed by atoms with Crippen molar-refractivity contribution in [1.29, 1.82) is 0 Å². The normalized spacial score (nSPS) is 11.9. The van der Waals surface area contributed by atoms with Crippen LogP contribution < -0.4 is 4.72 Å². The second-order valence-corrected chi connectivity index (χ2v) is 10.2. The van der Waals surface area contributed by atoms with Crippen molar-refractivity contribution in [3.05, 3.63) is 44.6 Å². The lowest BCUT2D eigenvalue weighted by Gasteiger charge is -2.21. The number of nitrogens with zero attached hydrogens (tertiary/aromatic N) is 1. The second kappa shape index (κ2) is 9.60. The first-order valence-electron chi connectivity index (χ1n) is 9.90. The van der Waals surface area contributed by atoms with E-state index >= 15 is 0 Å². The Morgan fingerprint density at radius 2 is 2.00 bits per heavy atom. The van der Waals surface area contributed by atoms with Crippen LogP contribution in [0.5, 0.6) is 0 Å². The van der Waals surface area contributed by atoms with Gasteiger partial charge in [-0.1, -0.05) is 26.8 Å². The fraction of sp³-hybridized carbons (Fsp3) is 0.545. The lowest BCUT2D eigenvalue weighted by molar-refractivity contribution is -0.118. The number of hydrogen-bond donors (Lipinski definition) is 3. The topological polar surface area (TPSA) is 82.5 Å². The minimum atomic E-state index is -1.08. The number of hydrogen-bond acceptors (Lipinski definition) is 6. The molecule has 1 heterocycles. The Kier molecular flexibility index (Phi) is 7.90. The average molecular weight is 437 g/mol. The molecule has 160 valence electrons. The monoisotopic (exact) mass is 436 g/mol. The van der Waals surface area contributed by atoms with Crippen LogP contribution in [0.4, 0.5) is 0 Å². The minimum absolute atomic E-state index is 0.0862. The highest BCUT2D eigenvalue weighted by atomic mass is 32.2. The summed E-state index contributed by atoms with van der Waals surface area (Å²) in [6, 6.07) is 2.19. The van der Waals surface area contributed by atoms with E-state index in [1.54, 1.807) is 13.8 Å². The maximum atomic E-state index is 12.8. The van der Waals surface area contributed by atoms with E-state index in [0.717, 1.165) is 23.9 Å². The number of aromatic nitrogens is 1. The molecule has 0 saturated carbocycles. The summed E-state index contributed by atoms with van der Waals surface area (Å²) >= 11 is 2.44. The van der Waals surface area contributed by atoms with E-state index in [1.807, 2.05) is 0 Å². The molecule has 1 aromatic carbocycles. The van der Waals surface area contributed by atoms with Crippen LogP contribution in [0.15, 0.2) is 10.3 Å². The average Bonchev–Trinajstić information content (AvgIpc) is 3.06. The van der Waals surface area contributed by atoms with Crippen LogP contribution in [-0.4, -0.2) is 21.1 Å². The molecule has 0 fully saturated rings. The quantitative estimate of drug-likeness (QED) is 0.530. The summed E-state index contributed by atoms with van der Waals surface area (Å²) in [4.78, 5) is 17.1. The maximum Gasteiger partial charge on any atom is 0.234 e. The molecule has 0 bridgehead atoms. The van der Waals surface area contributed by atoms with Gasteiger partial charge in [-0.3, -0.25) is 9.52 Å². The van der Waals surface area contributed by atoms with Gasteiger partial charge >= 0.3 is 0 Å². The maximum absolute atomic E-state index is 12.8. The Morgan fingerprint density at radius 1 is 1.34 bits per heavy atom. The molecule has 2 rings (SSSR count). The predicted octanol–water partition coefficient (Wildman–Crippen LogP) is 4.53. The van der Waals surface area contributed by atoms with Crippen molar-refractivity contribution in [3.63, 3.8) is 0 Å². The van der Waals surface area contributed by atoms with Gasteiger partial charge in [-0.2, -0.15) is 0 Å². The van der Waals surface area contributed by atoms with Gasteiger partial charge in [0, 0.05) is 11.9 Å². The van der Waals surface area contributed by atoms with Crippen molar-refractivity contribution in [2.75, 3.05) is 0 Å². The van der Waals surface area contributed by atoms with Crippen LogP contribution in [0.3, 0.4) is 0 Å². The van der Waals surface area contributed by atoms with Gasteiger partial charge in [-0.15, -0.1) is 11.3 Å². The van der Waals surface area contributed by atoms with Crippen molar-refractivity contribution in [2.24, 2.45) is 0 Å². The first kappa shape index (κ1) is 23.9. The molecule has 0 unspecified atom stereocenters. The SMILES string of the molecule is CCc1cc(C)c(C)c(C(C)C)c1CC(=O)NSc1sc(C(C)(C)O)nc1CO. The highest BCUT2D eigenvalue weighted by Crippen LogP contribution is 2.34. The fourth-order valence-electron chi connectivity index (χ4n) is 3.45. The molecule has 1 amide bonds. The van der Waals surface area contributed by atoms with E-state index in [0.29, 0.717) is 27.2 Å². The van der Waals surface area contributed by atoms with Crippen LogP contribution in [0, 0.1) is 13.8 Å². The Bertz CT molecular complexity index is 883. The van der Waals surface area contributed by atoms with E-state index in [-0.39, 0.29) is 12.5 Å². The zero-order valence-corrected chi connectivity index (χ0v) is 20.0. The van der Waals surface area contributed by atoms with Gasteiger partial charge in [0.05, 0.1) is 18.7 Å². The molecule has 5 nitrogen and oxygen atoms in total. The first-order valence-corrected chi connectivity index (χ1v) is 11.5. The summed E-state index contributed by atoms with van der Waals surface area (Å²) in [5.41, 5.74) is 5.51.